The summed E-state index contributed by atoms with van der Waals surface area (Å²) >= 11 is 2.86. The van der Waals surface area contributed by atoms with Crippen molar-refractivity contribution in [3.8, 4) is 0 Å². The quantitative estimate of drug-likeness (QED) is 0.489. The molecule has 1 atom stereocenters. The zero-order valence-corrected chi connectivity index (χ0v) is 19.7. The number of sulfonamides is 1. The predicted octanol–water partition coefficient (Wildman–Crippen LogP) is 3.16. The number of morpholine rings is 1. The minimum atomic E-state index is -3.58. The zero-order chi connectivity index (χ0) is 22.4. The van der Waals surface area contributed by atoms with Crippen LogP contribution in [0.1, 0.15) is 16.5 Å². The number of nitrogens with zero attached hydrogens (tertiary/aromatic N) is 2. The number of nitrogens with one attached hydrogen (secondary N) is 1. The summed E-state index contributed by atoms with van der Waals surface area (Å²) in [5.41, 5.74) is 1.02. The van der Waals surface area contributed by atoms with Crippen molar-refractivity contribution < 1.29 is 17.9 Å². The fourth-order valence-electron chi connectivity index (χ4n) is 3.30. The third kappa shape index (κ3) is 5.57. The molecule has 1 N–H and O–H groups in total. The first kappa shape index (κ1) is 22.9. The molecule has 32 heavy (non-hydrogen) atoms. The Balaban J connectivity index is 1.37. The van der Waals surface area contributed by atoms with E-state index in [1.807, 2.05) is 47.8 Å². The zero-order valence-electron chi connectivity index (χ0n) is 17.2. The summed E-state index contributed by atoms with van der Waals surface area (Å²) in [4.78, 5) is 18.1. The van der Waals surface area contributed by atoms with Crippen LogP contribution < -0.4 is 5.32 Å². The van der Waals surface area contributed by atoms with Crippen LogP contribution in [0.5, 0.6) is 0 Å². The molecule has 1 saturated heterocycles. The summed E-state index contributed by atoms with van der Waals surface area (Å²) in [6.07, 6.45) is 1.35. The molecule has 3 aromatic rings. The van der Waals surface area contributed by atoms with Gasteiger partial charge in [-0.2, -0.15) is 4.31 Å². The molecule has 1 aliphatic rings. The lowest BCUT2D eigenvalue weighted by Gasteiger charge is -2.25. The second-order valence-corrected chi connectivity index (χ2v) is 11.0. The van der Waals surface area contributed by atoms with E-state index in [1.165, 1.54) is 28.3 Å². The third-order valence-corrected chi connectivity index (χ3v) is 8.70. The van der Waals surface area contributed by atoms with E-state index < -0.39 is 10.0 Å². The van der Waals surface area contributed by atoms with Gasteiger partial charge in [-0.15, -0.1) is 11.3 Å². The first-order valence-electron chi connectivity index (χ1n) is 10.1. The molecular weight excluding hydrogens is 466 g/mol. The topological polar surface area (TPSA) is 88.6 Å². The van der Waals surface area contributed by atoms with Gasteiger partial charge in [0.2, 0.25) is 15.9 Å². The van der Waals surface area contributed by atoms with E-state index in [-0.39, 0.29) is 22.6 Å². The van der Waals surface area contributed by atoms with Gasteiger partial charge in [-0.25, -0.2) is 13.4 Å². The molecule has 1 fully saturated rings. The van der Waals surface area contributed by atoms with Gasteiger partial charge >= 0.3 is 0 Å². The Kier molecular flexibility index (Phi) is 7.59. The van der Waals surface area contributed by atoms with Gasteiger partial charge in [0, 0.05) is 24.2 Å². The number of carbonyl (C=O) groups excluding carboxylic acids is 1. The normalized spacial score (nSPS) is 15.9. The minimum absolute atomic E-state index is 0.121. The van der Waals surface area contributed by atoms with Gasteiger partial charge in [0.25, 0.3) is 0 Å². The summed E-state index contributed by atoms with van der Waals surface area (Å²) in [6.45, 7) is 1.47. The van der Waals surface area contributed by atoms with Gasteiger partial charge < -0.3 is 10.1 Å². The van der Waals surface area contributed by atoms with E-state index in [0.29, 0.717) is 31.3 Å². The highest BCUT2D eigenvalue weighted by Crippen LogP contribution is 2.26. The van der Waals surface area contributed by atoms with Gasteiger partial charge in [-0.3, -0.25) is 4.79 Å². The van der Waals surface area contributed by atoms with E-state index in [1.54, 1.807) is 17.4 Å². The average molecular weight is 490 g/mol. The maximum Gasteiger partial charge on any atom is 0.244 e. The number of rotatable bonds is 8. The highest BCUT2D eigenvalue weighted by atomic mass is 32.2. The van der Waals surface area contributed by atoms with Gasteiger partial charge in [-0.1, -0.05) is 48.2 Å². The van der Waals surface area contributed by atoms with Crippen molar-refractivity contribution in [2.45, 2.75) is 16.0 Å². The van der Waals surface area contributed by atoms with E-state index in [4.69, 9.17) is 4.74 Å². The average Bonchev–Trinajstić information content (AvgIpc) is 3.37. The number of hydrogen-bond donors (Lipinski definition) is 1. The lowest BCUT2D eigenvalue weighted by atomic mass is 10.1. The van der Waals surface area contributed by atoms with Crippen molar-refractivity contribution >= 4 is 39.0 Å². The number of hydrogen-bond acceptors (Lipinski definition) is 7. The molecule has 0 saturated carbocycles. The molecule has 10 heteroatoms. The Morgan fingerprint density at radius 3 is 2.56 bits per heavy atom. The van der Waals surface area contributed by atoms with Crippen molar-refractivity contribution in [1.82, 2.24) is 14.6 Å². The Morgan fingerprint density at radius 2 is 1.91 bits per heavy atom. The van der Waals surface area contributed by atoms with Crippen LogP contribution in [0.3, 0.4) is 0 Å². The number of thioether (sulfide) groups is 1. The molecule has 1 aromatic carbocycles. The van der Waals surface area contributed by atoms with Crippen molar-refractivity contribution in [2.75, 3.05) is 32.1 Å². The summed E-state index contributed by atoms with van der Waals surface area (Å²) in [5.74, 6) is 0.0566. The smallest absolute Gasteiger partial charge is 0.244 e. The largest absolute Gasteiger partial charge is 0.379 e. The Hall–Kier alpha value is -2.24. The fourth-order valence-corrected chi connectivity index (χ4v) is 6.11. The number of amides is 1. The van der Waals surface area contributed by atoms with E-state index in [9.17, 15) is 13.2 Å². The monoisotopic (exact) mass is 489 g/mol. The molecule has 0 radical (unpaired) electrons. The molecule has 0 spiro atoms. The highest BCUT2D eigenvalue weighted by molar-refractivity contribution is 7.99. The number of pyridine rings is 1. The SMILES string of the molecule is O=C(CSc1ccc(S(=O)(=O)N2CCOCC2)cn1)N[C@@H](c1ccccc1)c1cccs1. The number of benzene rings is 1. The fraction of sp³-hybridized carbons (Fsp3) is 0.273. The third-order valence-electron chi connectivity index (χ3n) is 4.93. The van der Waals surface area contributed by atoms with Crippen molar-refractivity contribution in [3.63, 3.8) is 0 Å². The molecule has 1 amide bonds. The summed E-state index contributed by atoms with van der Waals surface area (Å²) in [5, 5.41) is 5.67. The number of thiophene rings is 1. The minimum Gasteiger partial charge on any atom is -0.379 e. The van der Waals surface area contributed by atoms with Crippen molar-refractivity contribution in [3.05, 3.63) is 76.6 Å². The standard InChI is InChI=1S/C22H23N3O4S3/c26-20(24-22(19-7-4-14-30-19)17-5-2-1-3-6-17)16-31-21-9-8-18(15-23-21)32(27,28)25-10-12-29-13-11-25/h1-9,14-15,22H,10-13,16H2,(H,24,26)/t22-/m0/s1. The molecule has 1 aliphatic heterocycles. The van der Waals surface area contributed by atoms with Crippen LogP contribution in [0.2, 0.25) is 0 Å². The maximum atomic E-state index is 12.7. The Morgan fingerprint density at radius 1 is 1.12 bits per heavy atom. The molecule has 7 nitrogen and oxygen atoms in total. The number of ether oxygens (including phenoxy) is 1. The molecular formula is C22H23N3O4S3. The van der Waals surface area contributed by atoms with Gasteiger partial charge in [0.15, 0.2) is 0 Å². The molecule has 2 aromatic heterocycles. The number of carbonyl (C=O) groups is 1. The molecule has 168 valence electrons. The lowest BCUT2D eigenvalue weighted by molar-refractivity contribution is -0.119. The van der Waals surface area contributed by atoms with Crippen LogP contribution in [0.4, 0.5) is 0 Å². The van der Waals surface area contributed by atoms with Crippen molar-refractivity contribution in [1.29, 1.82) is 0 Å². The second-order valence-electron chi connectivity index (χ2n) is 7.06. The van der Waals surface area contributed by atoms with Crippen LogP contribution in [0.25, 0.3) is 0 Å². The van der Waals surface area contributed by atoms with Crippen LogP contribution in [-0.4, -0.2) is 55.7 Å². The molecule has 4 rings (SSSR count). The first-order chi connectivity index (χ1) is 15.5. The molecule has 0 aliphatic carbocycles. The molecule has 0 bridgehead atoms. The van der Waals surface area contributed by atoms with Crippen LogP contribution in [0, 0.1) is 0 Å². The van der Waals surface area contributed by atoms with E-state index in [2.05, 4.69) is 10.3 Å². The summed E-state index contributed by atoms with van der Waals surface area (Å²) in [7, 11) is -3.58. The summed E-state index contributed by atoms with van der Waals surface area (Å²) < 4.78 is 32.0. The van der Waals surface area contributed by atoms with Crippen molar-refractivity contribution in [2.24, 2.45) is 0 Å². The summed E-state index contributed by atoms with van der Waals surface area (Å²) in [6, 6.07) is 16.8. The van der Waals surface area contributed by atoms with Crippen LogP contribution >= 0.6 is 23.1 Å². The first-order valence-corrected chi connectivity index (χ1v) is 13.4. The van der Waals surface area contributed by atoms with Gasteiger partial charge in [0.1, 0.15) is 4.90 Å². The van der Waals surface area contributed by atoms with Gasteiger partial charge in [-0.05, 0) is 29.1 Å². The Labute approximate surface area is 195 Å². The Bertz CT molecular complexity index is 1110. The van der Waals surface area contributed by atoms with Crippen LogP contribution in [-0.2, 0) is 19.6 Å². The second kappa shape index (κ2) is 10.6. The molecule has 3 heterocycles. The van der Waals surface area contributed by atoms with E-state index >= 15 is 0 Å². The predicted molar refractivity (Wildman–Crippen MR) is 125 cm³/mol. The molecule has 0 unspecified atom stereocenters. The number of aromatic nitrogens is 1. The van der Waals surface area contributed by atoms with E-state index in [0.717, 1.165) is 10.4 Å². The highest BCUT2D eigenvalue weighted by Gasteiger charge is 2.26. The maximum absolute atomic E-state index is 12.7. The van der Waals surface area contributed by atoms with Crippen LogP contribution in [0.15, 0.2) is 76.1 Å². The van der Waals surface area contributed by atoms with Gasteiger partial charge in [0.05, 0.1) is 30.0 Å². The lowest BCUT2D eigenvalue weighted by Crippen LogP contribution is -2.40.